The molecule has 1 aromatic carbocycles. The van der Waals surface area contributed by atoms with Crippen molar-refractivity contribution in [1.29, 1.82) is 0 Å². The lowest BCUT2D eigenvalue weighted by Gasteiger charge is -2.42. The van der Waals surface area contributed by atoms with Crippen LogP contribution in [0.3, 0.4) is 0 Å². The summed E-state index contributed by atoms with van der Waals surface area (Å²) in [6.07, 6.45) is 4.79. The van der Waals surface area contributed by atoms with Crippen molar-refractivity contribution in [1.82, 2.24) is 15.1 Å². The Bertz CT molecular complexity index is 786. The van der Waals surface area contributed by atoms with Gasteiger partial charge in [-0.3, -0.25) is 9.69 Å². The second-order valence-electron chi connectivity index (χ2n) is 8.62. The Hall–Kier alpha value is -2.02. The van der Waals surface area contributed by atoms with Gasteiger partial charge in [0, 0.05) is 24.2 Å². The minimum absolute atomic E-state index is 0.0848. The number of nitrogens with one attached hydrogen (secondary N) is 1. The van der Waals surface area contributed by atoms with Gasteiger partial charge in [0.2, 0.25) is 0 Å². The van der Waals surface area contributed by atoms with Gasteiger partial charge in [-0.1, -0.05) is 26.3 Å². The zero-order valence-corrected chi connectivity index (χ0v) is 16.4. The maximum absolute atomic E-state index is 14.1. The van der Waals surface area contributed by atoms with Gasteiger partial charge in [0.05, 0.1) is 6.67 Å². The standard InChI is InChI=1S/C21H27F2N3O2/c1-13-4-3-5-14(2)21(13)19(27)26(20(28)24-21)12-25(17-8-9-17)11-15-6-7-16(22)10-18(15)23/h6-7,10,13-14,17H,3-5,8-9,11-12H2,1-2H3,(H,24,28)/t13-,14+,21?. The average Bonchev–Trinajstić information content (AvgIpc) is 3.44. The Morgan fingerprint density at radius 2 is 1.82 bits per heavy atom. The van der Waals surface area contributed by atoms with Gasteiger partial charge in [-0.05, 0) is 43.6 Å². The summed E-state index contributed by atoms with van der Waals surface area (Å²) >= 11 is 0. The van der Waals surface area contributed by atoms with Crippen molar-refractivity contribution in [3.05, 3.63) is 35.4 Å². The normalized spacial score (nSPS) is 30.4. The third kappa shape index (κ3) is 3.19. The first-order valence-corrected chi connectivity index (χ1v) is 10.1. The molecule has 1 aromatic rings. The van der Waals surface area contributed by atoms with E-state index in [9.17, 15) is 18.4 Å². The van der Waals surface area contributed by atoms with Crippen molar-refractivity contribution in [2.75, 3.05) is 6.67 Å². The maximum atomic E-state index is 14.1. The minimum atomic E-state index is -0.828. The molecule has 28 heavy (non-hydrogen) atoms. The van der Waals surface area contributed by atoms with Crippen molar-refractivity contribution >= 4 is 11.9 Å². The van der Waals surface area contributed by atoms with E-state index in [0.29, 0.717) is 5.56 Å². The lowest BCUT2D eigenvalue weighted by molar-refractivity contribution is -0.138. The largest absolute Gasteiger partial charge is 0.326 e. The monoisotopic (exact) mass is 391 g/mol. The molecule has 152 valence electrons. The van der Waals surface area contributed by atoms with E-state index < -0.39 is 17.2 Å². The van der Waals surface area contributed by atoms with E-state index in [0.717, 1.165) is 38.2 Å². The van der Waals surface area contributed by atoms with Crippen LogP contribution in [0.25, 0.3) is 0 Å². The molecule has 3 atom stereocenters. The number of urea groups is 1. The molecule has 2 aliphatic carbocycles. The van der Waals surface area contributed by atoms with Crippen LogP contribution in [0, 0.1) is 23.5 Å². The van der Waals surface area contributed by atoms with E-state index in [1.807, 2.05) is 18.7 Å². The van der Waals surface area contributed by atoms with Gasteiger partial charge in [-0.15, -0.1) is 0 Å². The van der Waals surface area contributed by atoms with Crippen LogP contribution in [-0.2, 0) is 11.3 Å². The summed E-state index contributed by atoms with van der Waals surface area (Å²) in [6, 6.07) is 3.38. The Balaban J connectivity index is 1.54. The van der Waals surface area contributed by atoms with Crippen molar-refractivity contribution in [3.8, 4) is 0 Å². The van der Waals surface area contributed by atoms with Gasteiger partial charge in [0.25, 0.3) is 5.91 Å². The number of hydrogen-bond acceptors (Lipinski definition) is 3. The quantitative estimate of drug-likeness (QED) is 0.780. The first kappa shape index (κ1) is 19.3. The number of hydrogen-bond donors (Lipinski definition) is 1. The van der Waals surface area contributed by atoms with E-state index in [1.165, 1.54) is 17.0 Å². The lowest BCUT2D eigenvalue weighted by Crippen LogP contribution is -2.59. The first-order chi connectivity index (χ1) is 13.3. The molecule has 1 unspecified atom stereocenters. The second-order valence-corrected chi connectivity index (χ2v) is 8.62. The molecule has 0 bridgehead atoms. The third-order valence-corrected chi connectivity index (χ3v) is 6.76. The van der Waals surface area contributed by atoms with E-state index in [-0.39, 0.29) is 43.0 Å². The van der Waals surface area contributed by atoms with E-state index in [1.54, 1.807) is 0 Å². The molecule has 3 fully saturated rings. The Kier molecular flexibility index (Phi) is 4.89. The smallest absolute Gasteiger partial charge is 0.323 e. The van der Waals surface area contributed by atoms with E-state index in [2.05, 4.69) is 5.32 Å². The highest BCUT2D eigenvalue weighted by Gasteiger charge is 2.58. The second kappa shape index (κ2) is 7.10. The van der Waals surface area contributed by atoms with Crippen LogP contribution in [0.5, 0.6) is 0 Å². The summed E-state index contributed by atoms with van der Waals surface area (Å²) in [5.41, 5.74) is -0.458. The van der Waals surface area contributed by atoms with Crippen LogP contribution in [0.4, 0.5) is 13.6 Å². The van der Waals surface area contributed by atoms with Crippen molar-refractivity contribution in [2.24, 2.45) is 11.8 Å². The summed E-state index contributed by atoms with van der Waals surface area (Å²) in [5.74, 6) is -1.21. The molecule has 2 saturated carbocycles. The van der Waals surface area contributed by atoms with Crippen LogP contribution in [0.2, 0.25) is 0 Å². The number of benzene rings is 1. The van der Waals surface area contributed by atoms with Crippen LogP contribution < -0.4 is 5.32 Å². The Morgan fingerprint density at radius 3 is 2.43 bits per heavy atom. The number of nitrogens with zero attached hydrogens (tertiary/aromatic N) is 2. The summed E-state index contributed by atoms with van der Waals surface area (Å²) < 4.78 is 27.3. The van der Waals surface area contributed by atoms with Gasteiger partial charge in [0.1, 0.15) is 17.2 Å². The lowest BCUT2D eigenvalue weighted by atomic mass is 9.67. The number of amides is 3. The number of carbonyl (C=O) groups excluding carboxylic acids is 2. The fourth-order valence-electron chi connectivity index (χ4n) is 4.87. The predicted octanol–water partition coefficient (Wildman–Crippen LogP) is 3.63. The fourth-order valence-corrected chi connectivity index (χ4v) is 4.87. The van der Waals surface area contributed by atoms with Gasteiger partial charge < -0.3 is 5.32 Å². The summed E-state index contributed by atoms with van der Waals surface area (Å²) in [5, 5.41) is 3.00. The molecule has 0 aromatic heterocycles. The molecule has 0 radical (unpaired) electrons. The molecule has 3 amide bonds. The summed E-state index contributed by atoms with van der Waals surface area (Å²) in [4.78, 5) is 29.3. The van der Waals surface area contributed by atoms with Crippen molar-refractivity contribution < 1.29 is 18.4 Å². The van der Waals surface area contributed by atoms with Gasteiger partial charge in [-0.25, -0.2) is 18.5 Å². The zero-order valence-electron chi connectivity index (χ0n) is 16.4. The highest BCUT2D eigenvalue weighted by molar-refractivity contribution is 6.07. The first-order valence-electron chi connectivity index (χ1n) is 10.1. The van der Waals surface area contributed by atoms with E-state index in [4.69, 9.17) is 0 Å². The van der Waals surface area contributed by atoms with E-state index >= 15 is 0 Å². The molecule has 7 heteroatoms. The topological polar surface area (TPSA) is 52.7 Å². The zero-order chi connectivity index (χ0) is 20.1. The number of rotatable bonds is 5. The molecule has 1 spiro atoms. The van der Waals surface area contributed by atoms with Crippen LogP contribution in [0.15, 0.2) is 18.2 Å². The molecular formula is C21H27F2N3O2. The predicted molar refractivity (Wildman–Crippen MR) is 100 cm³/mol. The molecular weight excluding hydrogens is 364 g/mol. The Labute approximate surface area is 164 Å². The molecule has 1 saturated heterocycles. The van der Waals surface area contributed by atoms with Crippen molar-refractivity contribution in [3.63, 3.8) is 0 Å². The van der Waals surface area contributed by atoms with Gasteiger partial charge in [0.15, 0.2) is 0 Å². The van der Waals surface area contributed by atoms with Crippen molar-refractivity contribution in [2.45, 2.75) is 64.1 Å². The van der Waals surface area contributed by atoms with Gasteiger partial charge in [-0.2, -0.15) is 0 Å². The van der Waals surface area contributed by atoms with Gasteiger partial charge >= 0.3 is 6.03 Å². The maximum Gasteiger partial charge on any atom is 0.326 e. The molecule has 4 rings (SSSR count). The summed E-state index contributed by atoms with van der Waals surface area (Å²) in [7, 11) is 0. The third-order valence-electron chi connectivity index (χ3n) is 6.76. The van der Waals surface area contributed by atoms with Crippen LogP contribution in [0.1, 0.15) is 51.5 Å². The molecule has 1 N–H and O–H groups in total. The summed E-state index contributed by atoms with van der Waals surface area (Å²) in [6.45, 7) is 4.44. The number of halogens is 2. The average molecular weight is 391 g/mol. The van der Waals surface area contributed by atoms with Crippen LogP contribution in [-0.4, -0.2) is 40.0 Å². The molecule has 1 aliphatic heterocycles. The number of carbonyl (C=O) groups is 2. The highest BCUT2D eigenvalue weighted by atomic mass is 19.1. The van der Waals surface area contributed by atoms with Crippen LogP contribution >= 0.6 is 0 Å². The highest BCUT2D eigenvalue weighted by Crippen LogP contribution is 2.42. The fraction of sp³-hybridized carbons (Fsp3) is 0.619. The Morgan fingerprint density at radius 1 is 1.14 bits per heavy atom. The number of imide groups is 1. The molecule has 3 aliphatic rings. The molecule has 5 nitrogen and oxygen atoms in total. The molecule has 1 heterocycles. The minimum Gasteiger partial charge on any atom is -0.323 e. The SMILES string of the molecule is C[C@@H]1CCC[C@H](C)C12NC(=O)N(CN(Cc1ccc(F)cc1F)C1CC1)C2=O.